The molecule has 54 valence electrons. The van der Waals surface area contributed by atoms with Crippen molar-refractivity contribution in [3.63, 3.8) is 0 Å². The molecule has 0 atom stereocenters. The van der Waals surface area contributed by atoms with Gasteiger partial charge in [-0.2, -0.15) is 0 Å². The summed E-state index contributed by atoms with van der Waals surface area (Å²) in [5.74, 6) is -0.268. The van der Waals surface area contributed by atoms with Gasteiger partial charge in [0.25, 0.3) is 0 Å². The standard InChI is InChI=1S/C7H6BrFS/c1-4-2-5(8)6(9)3-7(4)10/h2-3,10H,1H3. The fourth-order valence-electron chi connectivity index (χ4n) is 0.636. The quantitative estimate of drug-likeness (QED) is 0.639. The van der Waals surface area contributed by atoms with E-state index < -0.39 is 0 Å². The van der Waals surface area contributed by atoms with Gasteiger partial charge in [-0.3, -0.25) is 0 Å². The van der Waals surface area contributed by atoms with E-state index in [1.54, 1.807) is 6.07 Å². The second-order valence-corrected chi connectivity index (χ2v) is 3.39. The zero-order valence-corrected chi connectivity index (χ0v) is 7.84. The van der Waals surface area contributed by atoms with Crippen molar-refractivity contribution in [3.8, 4) is 0 Å². The average Bonchev–Trinajstić information content (AvgIpc) is 1.84. The Morgan fingerprint density at radius 2 is 2.10 bits per heavy atom. The van der Waals surface area contributed by atoms with Crippen LogP contribution in [0.5, 0.6) is 0 Å². The van der Waals surface area contributed by atoms with E-state index in [4.69, 9.17) is 0 Å². The third-order valence-corrected chi connectivity index (χ3v) is 2.33. The number of thiol groups is 1. The summed E-state index contributed by atoms with van der Waals surface area (Å²) in [7, 11) is 0. The highest BCUT2D eigenvalue weighted by Crippen LogP contribution is 2.22. The van der Waals surface area contributed by atoms with Gasteiger partial charge < -0.3 is 0 Å². The van der Waals surface area contributed by atoms with Crippen molar-refractivity contribution in [1.82, 2.24) is 0 Å². The molecule has 0 N–H and O–H groups in total. The van der Waals surface area contributed by atoms with E-state index in [0.717, 1.165) is 5.56 Å². The van der Waals surface area contributed by atoms with Gasteiger partial charge in [-0.1, -0.05) is 0 Å². The minimum Gasteiger partial charge on any atom is -0.206 e. The van der Waals surface area contributed by atoms with E-state index in [1.807, 2.05) is 6.92 Å². The maximum atomic E-state index is 12.7. The maximum Gasteiger partial charge on any atom is 0.138 e. The summed E-state index contributed by atoms with van der Waals surface area (Å²) in [6.07, 6.45) is 0. The van der Waals surface area contributed by atoms with E-state index in [0.29, 0.717) is 9.37 Å². The Bertz CT molecular complexity index is 210. The van der Waals surface area contributed by atoms with Crippen LogP contribution in [0.2, 0.25) is 0 Å². The van der Waals surface area contributed by atoms with Crippen LogP contribution >= 0.6 is 28.6 Å². The van der Waals surface area contributed by atoms with Crippen molar-refractivity contribution < 1.29 is 4.39 Å². The van der Waals surface area contributed by atoms with Gasteiger partial charge >= 0.3 is 0 Å². The molecule has 0 spiro atoms. The van der Waals surface area contributed by atoms with Crippen molar-refractivity contribution in [3.05, 3.63) is 28.0 Å². The first-order valence-corrected chi connectivity index (χ1v) is 4.00. The van der Waals surface area contributed by atoms with Gasteiger partial charge in [-0.25, -0.2) is 4.39 Å². The van der Waals surface area contributed by atoms with Gasteiger partial charge in [0.1, 0.15) is 5.82 Å². The van der Waals surface area contributed by atoms with Crippen LogP contribution in [-0.2, 0) is 0 Å². The van der Waals surface area contributed by atoms with Crippen molar-refractivity contribution in [2.45, 2.75) is 11.8 Å². The molecule has 0 aliphatic carbocycles. The molecule has 0 saturated carbocycles. The Balaban J connectivity index is 3.28. The predicted octanol–water partition coefficient (Wildman–Crippen LogP) is 3.19. The molecule has 0 unspecified atom stereocenters. The van der Waals surface area contributed by atoms with Gasteiger partial charge in [0.2, 0.25) is 0 Å². The smallest absolute Gasteiger partial charge is 0.138 e. The molecule has 3 heteroatoms. The second-order valence-electron chi connectivity index (χ2n) is 2.05. The number of aryl methyl sites for hydroxylation is 1. The Morgan fingerprint density at radius 1 is 1.50 bits per heavy atom. The molecular weight excluding hydrogens is 215 g/mol. The highest BCUT2D eigenvalue weighted by Gasteiger charge is 2.00. The molecule has 0 aliphatic heterocycles. The van der Waals surface area contributed by atoms with Crippen LogP contribution in [0, 0.1) is 12.7 Å². The average molecular weight is 221 g/mol. The lowest BCUT2D eigenvalue weighted by Crippen LogP contribution is -1.81. The molecule has 0 aliphatic rings. The number of halogens is 2. The van der Waals surface area contributed by atoms with Crippen LogP contribution in [0.1, 0.15) is 5.56 Å². The van der Waals surface area contributed by atoms with Gasteiger partial charge in [-0.15, -0.1) is 12.6 Å². The molecular formula is C7H6BrFS. The van der Waals surface area contributed by atoms with E-state index in [-0.39, 0.29) is 5.82 Å². The highest BCUT2D eigenvalue weighted by molar-refractivity contribution is 9.10. The number of rotatable bonds is 0. The molecule has 1 aromatic carbocycles. The van der Waals surface area contributed by atoms with Crippen LogP contribution < -0.4 is 0 Å². The summed E-state index contributed by atoms with van der Waals surface area (Å²) in [6.45, 7) is 1.88. The first-order chi connectivity index (χ1) is 4.61. The fourth-order valence-corrected chi connectivity index (χ4v) is 1.27. The number of hydrogen-bond donors (Lipinski definition) is 1. The largest absolute Gasteiger partial charge is 0.206 e. The van der Waals surface area contributed by atoms with Crippen molar-refractivity contribution in [1.29, 1.82) is 0 Å². The summed E-state index contributed by atoms with van der Waals surface area (Å²) < 4.78 is 13.2. The molecule has 0 bridgehead atoms. The Hall–Kier alpha value is -0.0200. The van der Waals surface area contributed by atoms with Gasteiger partial charge in [0.05, 0.1) is 4.47 Å². The summed E-state index contributed by atoms with van der Waals surface area (Å²) >= 11 is 7.13. The van der Waals surface area contributed by atoms with Crippen LogP contribution in [0.3, 0.4) is 0 Å². The monoisotopic (exact) mass is 220 g/mol. The molecule has 10 heavy (non-hydrogen) atoms. The molecule has 0 amide bonds. The molecule has 0 saturated heterocycles. The number of hydrogen-bond acceptors (Lipinski definition) is 1. The zero-order chi connectivity index (χ0) is 7.72. The summed E-state index contributed by atoms with van der Waals surface area (Å²) in [6, 6.07) is 3.10. The molecule has 0 radical (unpaired) electrons. The fraction of sp³-hybridized carbons (Fsp3) is 0.143. The second kappa shape index (κ2) is 2.93. The molecule has 0 aromatic heterocycles. The molecule has 0 fully saturated rings. The van der Waals surface area contributed by atoms with Crippen LogP contribution in [0.15, 0.2) is 21.5 Å². The summed E-state index contributed by atoms with van der Waals surface area (Å²) in [5, 5.41) is 0. The van der Waals surface area contributed by atoms with Crippen LogP contribution in [0.25, 0.3) is 0 Å². The van der Waals surface area contributed by atoms with E-state index in [1.165, 1.54) is 6.07 Å². The molecule has 1 rings (SSSR count). The van der Waals surface area contributed by atoms with E-state index in [2.05, 4.69) is 28.6 Å². The van der Waals surface area contributed by atoms with Crippen LogP contribution in [-0.4, -0.2) is 0 Å². The third-order valence-electron chi connectivity index (χ3n) is 1.24. The lowest BCUT2D eigenvalue weighted by molar-refractivity contribution is 0.616. The maximum absolute atomic E-state index is 12.7. The molecule has 0 heterocycles. The summed E-state index contributed by atoms with van der Waals surface area (Å²) in [4.78, 5) is 0.681. The number of benzene rings is 1. The van der Waals surface area contributed by atoms with Crippen LogP contribution in [0.4, 0.5) is 4.39 Å². The minimum absolute atomic E-state index is 0.268. The lowest BCUT2D eigenvalue weighted by atomic mass is 10.2. The normalized spacial score (nSPS) is 10.0. The third kappa shape index (κ3) is 1.52. The summed E-state index contributed by atoms with van der Waals surface area (Å²) in [5.41, 5.74) is 0.969. The molecule has 0 nitrogen and oxygen atoms in total. The predicted molar refractivity (Wildman–Crippen MR) is 46.1 cm³/mol. The first-order valence-electron chi connectivity index (χ1n) is 2.76. The minimum atomic E-state index is -0.268. The Kier molecular flexibility index (Phi) is 2.36. The van der Waals surface area contributed by atoms with Gasteiger partial charge in [0, 0.05) is 4.90 Å². The Labute approximate surface area is 73.0 Å². The van der Waals surface area contributed by atoms with E-state index in [9.17, 15) is 4.39 Å². The van der Waals surface area contributed by atoms with Crippen molar-refractivity contribution >= 4 is 28.6 Å². The first kappa shape index (κ1) is 8.08. The topological polar surface area (TPSA) is 0 Å². The zero-order valence-electron chi connectivity index (χ0n) is 5.36. The Morgan fingerprint density at radius 3 is 2.60 bits per heavy atom. The van der Waals surface area contributed by atoms with Crippen molar-refractivity contribution in [2.24, 2.45) is 0 Å². The van der Waals surface area contributed by atoms with E-state index >= 15 is 0 Å². The van der Waals surface area contributed by atoms with Crippen molar-refractivity contribution in [2.75, 3.05) is 0 Å². The lowest BCUT2D eigenvalue weighted by Gasteiger charge is -1.99. The highest BCUT2D eigenvalue weighted by atomic mass is 79.9. The van der Waals surface area contributed by atoms with Gasteiger partial charge in [0.15, 0.2) is 0 Å². The van der Waals surface area contributed by atoms with Gasteiger partial charge in [-0.05, 0) is 40.5 Å². The SMILES string of the molecule is Cc1cc(Br)c(F)cc1S. The molecule has 1 aromatic rings.